The van der Waals surface area contributed by atoms with Gasteiger partial charge in [-0.25, -0.2) is 0 Å². The Labute approximate surface area is 352 Å². The Kier molecular flexibility index (Phi) is 8.97. The van der Waals surface area contributed by atoms with Crippen molar-refractivity contribution in [3.05, 3.63) is 263 Å². The molecule has 1 aliphatic carbocycles. The van der Waals surface area contributed by atoms with Crippen molar-refractivity contribution in [1.29, 1.82) is 0 Å². The van der Waals surface area contributed by atoms with Gasteiger partial charge in [-0.05, 0) is 92.4 Å². The lowest BCUT2D eigenvalue weighted by atomic mass is 9.66. The van der Waals surface area contributed by atoms with Crippen LogP contribution in [0.25, 0.3) is 49.8 Å². The van der Waals surface area contributed by atoms with Crippen LogP contribution in [0, 0.1) is 5.92 Å². The number of anilines is 1. The Bertz CT molecular complexity index is 3090. The number of nitrogens with zero attached hydrogens (tertiary/aromatic N) is 2. The van der Waals surface area contributed by atoms with Crippen molar-refractivity contribution < 1.29 is 0 Å². The van der Waals surface area contributed by atoms with Gasteiger partial charge in [-0.15, -0.1) is 0 Å². The van der Waals surface area contributed by atoms with Crippen LogP contribution in [-0.2, 0) is 6.54 Å². The van der Waals surface area contributed by atoms with E-state index in [0.717, 1.165) is 6.54 Å². The minimum atomic E-state index is -0.0849. The van der Waals surface area contributed by atoms with Gasteiger partial charge in [0.05, 0.1) is 11.7 Å². The molecule has 0 bridgehead atoms. The molecule has 0 radical (unpaired) electrons. The first-order chi connectivity index (χ1) is 29.8. The highest BCUT2D eigenvalue weighted by Gasteiger charge is 2.50. The summed E-state index contributed by atoms with van der Waals surface area (Å²) in [6, 6.07) is 82.9. The van der Waals surface area contributed by atoms with Crippen molar-refractivity contribution >= 4 is 55.5 Å². The molecule has 9 aromatic rings. The smallest absolute Gasteiger partial charge is 0.0702 e. The zero-order chi connectivity index (χ0) is 40.0. The van der Waals surface area contributed by atoms with Gasteiger partial charge in [0, 0.05) is 40.0 Å². The molecule has 2 heteroatoms. The second-order valence-corrected chi connectivity index (χ2v) is 15.8. The van der Waals surface area contributed by atoms with Gasteiger partial charge in [-0.1, -0.05) is 200 Å². The van der Waals surface area contributed by atoms with Gasteiger partial charge in [0.15, 0.2) is 0 Å². The van der Waals surface area contributed by atoms with E-state index in [-0.39, 0.29) is 12.0 Å². The number of rotatable bonds is 8. The van der Waals surface area contributed by atoms with Crippen LogP contribution >= 0.6 is 0 Å². The molecule has 2 unspecified atom stereocenters. The lowest BCUT2D eigenvalue weighted by molar-refractivity contribution is 0.640. The summed E-state index contributed by atoms with van der Waals surface area (Å²) in [6.45, 7) is 3.15. The van der Waals surface area contributed by atoms with Crippen LogP contribution in [0.3, 0.4) is 0 Å². The number of allylic oxidation sites excluding steroid dienone is 3. The molecule has 2 aliphatic rings. The third kappa shape index (κ3) is 5.79. The van der Waals surface area contributed by atoms with E-state index >= 15 is 0 Å². The van der Waals surface area contributed by atoms with E-state index < -0.39 is 0 Å². The first kappa shape index (κ1) is 35.7. The summed E-state index contributed by atoms with van der Waals surface area (Å²) in [5.41, 5.74) is 18.8. The first-order valence-corrected chi connectivity index (χ1v) is 21.2. The molecular weight excluding hydrogens is 725 g/mol. The summed E-state index contributed by atoms with van der Waals surface area (Å²) in [6.07, 6.45) is 0. The minimum Gasteiger partial charge on any atom is -0.341 e. The molecule has 0 amide bonds. The topological polar surface area (TPSA) is 8.17 Å². The predicted molar refractivity (Wildman–Crippen MR) is 253 cm³/mol. The SMILES string of the molecule is CCn1c2ccccc2c2cc(N3C(c4ccccc4)=C4C(c5ccccc5)=C(c5ccccc5)C(c5ccccc5)=C(c5ccccc5)C4C3c3ccccc3)ccc21. The summed E-state index contributed by atoms with van der Waals surface area (Å²) in [4.78, 5) is 2.70. The fourth-order valence-corrected chi connectivity index (χ4v) is 10.2. The number of benzene rings is 8. The quantitative estimate of drug-likeness (QED) is 0.149. The molecule has 0 fully saturated rings. The van der Waals surface area contributed by atoms with Crippen LogP contribution in [0.4, 0.5) is 5.69 Å². The van der Waals surface area contributed by atoms with Gasteiger partial charge < -0.3 is 9.47 Å². The van der Waals surface area contributed by atoms with Crippen molar-refractivity contribution in [2.45, 2.75) is 19.5 Å². The van der Waals surface area contributed by atoms with Crippen molar-refractivity contribution in [2.24, 2.45) is 5.92 Å². The fraction of sp³-hybridized carbons (Fsp3) is 0.0690. The van der Waals surface area contributed by atoms with Gasteiger partial charge in [-0.2, -0.15) is 0 Å². The van der Waals surface area contributed by atoms with Gasteiger partial charge in [-0.3, -0.25) is 0 Å². The summed E-state index contributed by atoms with van der Waals surface area (Å²) in [5, 5.41) is 2.56. The number of aryl methyl sites for hydroxylation is 1. The third-order valence-corrected chi connectivity index (χ3v) is 12.6. The molecule has 1 aliphatic heterocycles. The van der Waals surface area contributed by atoms with Gasteiger partial charge in [0.2, 0.25) is 0 Å². The number of hydrogen-bond acceptors (Lipinski definition) is 1. The van der Waals surface area contributed by atoms with E-state index in [1.165, 1.54) is 94.4 Å². The molecule has 0 N–H and O–H groups in total. The molecule has 2 heterocycles. The summed E-state index contributed by atoms with van der Waals surface area (Å²) >= 11 is 0. The second-order valence-electron chi connectivity index (χ2n) is 15.8. The van der Waals surface area contributed by atoms with E-state index in [1.54, 1.807) is 0 Å². The van der Waals surface area contributed by atoms with Crippen molar-refractivity contribution in [2.75, 3.05) is 4.90 Å². The van der Waals surface area contributed by atoms with Crippen molar-refractivity contribution in [3.63, 3.8) is 0 Å². The van der Waals surface area contributed by atoms with E-state index in [9.17, 15) is 0 Å². The Morgan fingerprint density at radius 2 is 0.850 bits per heavy atom. The summed E-state index contributed by atoms with van der Waals surface area (Å²) < 4.78 is 2.45. The molecule has 11 rings (SSSR count). The Morgan fingerprint density at radius 1 is 0.383 bits per heavy atom. The van der Waals surface area contributed by atoms with Gasteiger partial charge >= 0.3 is 0 Å². The van der Waals surface area contributed by atoms with Crippen LogP contribution < -0.4 is 4.90 Å². The summed E-state index contributed by atoms with van der Waals surface area (Å²) in [7, 11) is 0. The third-order valence-electron chi connectivity index (χ3n) is 12.6. The van der Waals surface area contributed by atoms with E-state index in [4.69, 9.17) is 0 Å². The van der Waals surface area contributed by atoms with Crippen LogP contribution in [0.2, 0.25) is 0 Å². The molecule has 0 saturated heterocycles. The standard InChI is InChI=1S/C58H44N2/c1-2-59-49-36-22-21-35-47(49)48-39-46(37-38-50(48)59)60-57(44-31-17-7-18-32-44)55-53(42-27-13-5-14-28-42)51(40-23-9-3-10-24-40)52(41-25-11-4-12-26-41)54(43-29-15-6-16-30-43)56(55)58(60)45-33-19-8-20-34-45/h3-39,55,57H,2H2,1H3. The second kappa shape index (κ2) is 15.1. The Balaban J connectivity index is 1.35. The van der Waals surface area contributed by atoms with E-state index in [1.807, 2.05) is 0 Å². The van der Waals surface area contributed by atoms with Crippen LogP contribution in [0.1, 0.15) is 46.3 Å². The normalized spacial score (nSPS) is 16.6. The van der Waals surface area contributed by atoms with Crippen LogP contribution in [-0.4, -0.2) is 4.57 Å². The maximum Gasteiger partial charge on any atom is 0.0702 e. The zero-order valence-electron chi connectivity index (χ0n) is 33.6. The van der Waals surface area contributed by atoms with E-state index in [2.05, 4.69) is 241 Å². The fourth-order valence-electron chi connectivity index (χ4n) is 10.2. The lowest BCUT2D eigenvalue weighted by Crippen LogP contribution is -2.28. The zero-order valence-corrected chi connectivity index (χ0v) is 33.6. The van der Waals surface area contributed by atoms with Gasteiger partial charge in [0.25, 0.3) is 0 Å². The highest BCUT2D eigenvalue weighted by Crippen LogP contribution is 2.64. The molecule has 2 nitrogen and oxygen atoms in total. The van der Waals surface area contributed by atoms with Crippen molar-refractivity contribution in [3.8, 4) is 0 Å². The Morgan fingerprint density at radius 3 is 1.43 bits per heavy atom. The molecule has 8 aromatic carbocycles. The molecule has 0 saturated carbocycles. The largest absolute Gasteiger partial charge is 0.341 e. The Hall–Kier alpha value is -7.42. The van der Waals surface area contributed by atoms with Crippen LogP contribution in [0.15, 0.2) is 230 Å². The average molecular weight is 769 g/mol. The lowest BCUT2D eigenvalue weighted by Gasteiger charge is -2.38. The first-order valence-electron chi connectivity index (χ1n) is 21.2. The minimum absolute atomic E-state index is 0.0597. The predicted octanol–water partition coefficient (Wildman–Crippen LogP) is 14.6. The number of hydrogen-bond donors (Lipinski definition) is 0. The van der Waals surface area contributed by atoms with Gasteiger partial charge in [0.1, 0.15) is 0 Å². The number of fused-ring (bicyclic) bond motifs is 4. The highest BCUT2D eigenvalue weighted by atomic mass is 15.2. The summed E-state index contributed by atoms with van der Waals surface area (Å²) in [5.74, 6) is -0.0597. The maximum absolute atomic E-state index is 2.70. The van der Waals surface area contributed by atoms with E-state index in [0.29, 0.717) is 0 Å². The molecular formula is C58H44N2. The molecule has 1 aromatic heterocycles. The highest BCUT2D eigenvalue weighted by molar-refractivity contribution is 6.29. The average Bonchev–Trinajstić information content (AvgIpc) is 3.85. The molecule has 0 spiro atoms. The molecule has 2 atom stereocenters. The number of aromatic nitrogens is 1. The van der Waals surface area contributed by atoms with Crippen molar-refractivity contribution in [1.82, 2.24) is 4.57 Å². The monoisotopic (exact) mass is 768 g/mol. The van der Waals surface area contributed by atoms with Crippen LogP contribution in [0.5, 0.6) is 0 Å². The maximum atomic E-state index is 2.70. The molecule has 60 heavy (non-hydrogen) atoms. The molecule has 286 valence electrons. The number of para-hydroxylation sites is 1.